The van der Waals surface area contributed by atoms with Crippen LogP contribution in [0.1, 0.15) is 0 Å². The first-order valence-corrected chi connectivity index (χ1v) is 11.0. The van der Waals surface area contributed by atoms with Crippen molar-refractivity contribution in [2.24, 2.45) is 0 Å². The van der Waals surface area contributed by atoms with Crippen molar-refractivity contribution in [3.05, 3.63) is 97.1 Å². The van der Waals surface area contributed by atoms with Crippen LogP contribution in [0.4, 0.5) is 0 Å². The molecule has 0 fully saturated rings. The van der Waals surface area contributed by atoms with Crippen molar-refractivity contribution < 1.29 is 4.42 Å². The van der Waals surface area contributed by atoms with Crippen LogP contribution < -0.4 is 0 Å². The molecule has 32 heavy (non-hydrogen) atoms. The molecule has 0 saturated carbocycles. The van der Waals surface area contributed by atoms with Gasteiger partial charge in [0.05, 0.1) is 16.4 Å². The van der Waals surface area contributed by atoms with E-state index in [2.05, 4.69) is 96.0 Å². The molecule has 6 aromatic carbocycles. The third-order valence-electron chi connectivity index (χ3n) is 6.97. The lowest BCUT2D eigenvalue weighted by Crippen LogP contribution is -1.81. The minimum atomic E-state index is 0.930. The van der Waals surface area contributed by atoms with Gasteiger partial charge in [0.2, 0.25) is 0 Å². The van der Waals surface area contributed by atoms with Gasteiger partial charge in [0.1, 0.15) is 11.2 Å². The number of H-pyrrole nitrogens is 1. The molecule has 0 unspecified atom stereocenters. The van der Waals surface area contributed by atoms with Gasteiger partial charge in [0.25, 0.3) is 0 Å². The molecule has 0 atom stereocenters. The summed E-state index contributed by atoms with van der Waals surface area (Å²) in [6.07, 6.45) is 0. The molecular weight excluding hydrogens is 390 g/mol. The van der Waals surface area contributed by atoms with Crippen molar-refractivity contribution in [2.75, 3.05) is 0 Å². The topological polar surface area (TPSA) is 28.9 Å². The number of hydrogen-bond donors (Lipinski definition) is 1. The molecule has 148 valence electrons. The molecule has 0 aliphatic carbocycles. The number of aromatic amines is 1. The summed E-state index contributed by atoms with van der Waals surface area (Å²) < 4.78 is 6.58. The number of fused-ring (bicyclic) bond motifs is 15. The number of aromatic nitrogens is 1. The van der Waals surface area contributed by atoms with E-state index in [4.69, 9.17) is 4.42 Å². The summed E-state index contributed by atoms with van der Waals surface area (Å²) in [5.41, 5.74) is 4.21. The van der Waals surface area contributed by atoms with Gasteiger partial charge in [-0.25, -0.2) is 0 Å². The number of benzene rings is 6. The van der Waals surface area contributed by atoms with Crippen molar-refractivity contribution >= 4 is 76.1 Å². The summed E-state index contributed by atoms with van der Waals surface area (Å²) >= 11 is 0. The highest BCUT2D eigenvalue weighted by atomic mass is 16.3. The molecular formula is C30H17NO. The zero-order valence-corrected chi connectivity index (χ0v) is 17.1. The van der Waals surface area contributed by atoms with Gasteiger partial charge in [0, 0.05) is 26.9 Å². The van der Waals surface area contributed by atoms with Crippen LogP contribution in [0.25, 0.3) is 76.1 Å². The smallest absolute Gasteiger partial charge is 0.146 e. The van der Waals surface area contributed by atoms with Gasteiger partial charge in [-0.2, -0.15) is 0 Å². The van der Waals surface area contributed by atoms with Crippen molar-refractivity contribution in [3.8, 4) is 0 Å². The van der Waals surface area contributed by atoms with Crippen molar-refractivity contribution in [1.82, 2.24) is 4.98 Å². The zero-order valence-electron chi connectivity index (χ0n) is 17.1. The third-order valence-corrected chi connectivity index (χ3v) is 6.97. The van der Waals surface area contributed by atoms with Crippen LogP contribution in [0.15, 0.2) is 101 Å². The molecule has 2 heteroatoms. The number of nitrogens with one attached hydrogen (secondary N) is 1. The van der Waals surface area contributed by atoms with Gasteiger partial charge < -0.3 is 9.40 Å². The maximum Gasteiger partial charge on any atom is 0.146 e. The Bertz CT molecular complexity index is 2040. The molecule has 0 saturated heterocycles. The maximum atomic E-state index is 6.58. The fourth-order valence-electron chi connectivity index (χ4n) is 5.68. The molecule has 2 heterocycles. The summed E-state index contributed by atoms with van der Waals surface area (Å²) in [6.45, 7) is 0. The second-order valence-corrected chi connectivity index (χ2v) is 8.56. The van der Waals surface area contributed by atoms with Gasteiger partial charge >= 0.3 is 0 Å². The van der Waals surface area contributed by atoms with Gasteiger partial charge in [-0.05, 0) is 27.6 Å². The lowest BCUT2D eigenvalue weighted by atomic mass is 9.95. The molecule has 0 bridgehead atoms. The number of furan rings is 1. The van der Waals surface area contributed by atoms with E-state index in [1.807, 2.05) is 6.07 Å². The summed E-state index contributed by atoms with van der Waals surface area (Å²) in [7, 11) is 0. The predicted octanol–water partition coefficient (Wildman–Crippen LogP) is 8.68. The molecule has 0 aliphatic rings. The minimum absolute atomic E-state index is 0.930. The summed E-state index contributed by atoms with van der Waals surface area (Å²) in [6, 6.07) is 34.4. The van der Waals surface area contributed by atoms with E-state index in [-0.39, 0.29) is 0 Å². The van der Waals surface area contributed by atoms with Crippen molar-refractivity contribution in [2.45, 2.75) is 0 Å². The Balaban J connectivity index is 1.82. The van der Waals surface area contributed by atoms with E-state index in [1.165, 1.54) is 59.4 Å². The molecule has 8 aromatic rings. The normalized spacial score (nSPS) is 12.4. The van der Waals surface area contributed by atoms with E-state index < -0.39 is 0 Å². The summed E-state index contributed by atoms with van der Waals surface area (Å²) in [5, 5.41) is 12.3. The standard InChI is InChI=1S/C30H17NO/c1-3-11-19-17(9-1)18-10-2-5-13-21(18)28-26(19)27-29(31-28)22-14-6-4-12-20(22)25-23-15-7-8-16-24(23)32-30(25)27/h1-16,31H. The van der Waals surface area contributed by atoms with E-state index in [1.54, 1.807) is 0 Å². The largest absolute Gasteiger partial charge is 0.455 e. The fourth-order valence-corrected chi connectivity index (χ4v) is 5.68. The average molecular weight is 407 g/mol. The average Bonchev–Trinajstić information content (AvgIpc) is 3.44. The molecule has 0 spiro atoms. The molecule has 2 nitrogen and oxygen atoms in total. The molecule has 0 amide bonds. The van der Waals surface area contributed by atoms with Crippen LogP contribution in [0, 0.1) is 0 Å². The number of para-hydroxylation sites is 1. The van der Waals surface area contributed by atoms with E-state index >= 15 is 0 Å². The lowest BCUT2D eigenvalue weighted by Gasteiger charge is -2.07. The van der Waals surface area contributed by atoms with E-state index in [9.17, 15) is 0 Å². The van der Waals surface area contributed by atoms with Gasteiger partial charge in [-0.15, -0.1) is 0 Å². The quantitative estimate of drug-likeness (QED) is 0.250. The minimum Gasteiger partial charge on any atom is -0.455 e. The SMILES string of the molecule is c1ccc2c(c1)oc1c2c2ccccc2c2[nH]c3c4ccccc4c4ccccc4c3c21. The number of hydrogen-bond acceptors (Lipinski definition) is 1. The van der Waals surface area contributed by atoms with Crippen LogP contribution in [-0.2, 0) is 0 Å². The second kappa shape index (κ2) is 5.68. The first-order valence-electron chi connectivity index (χ1n) is 11.0. The fraction of sp³-hybridized carbons (Fsp3) is 0. The molecule has 0 radical (unpaired) electrons. The Hall–Kier alpha value is -4.30. The maximum absolute atomic E-state index is 6.58. The summed E-state index contributed by atoms with van der Waals surface area (Å²) in [4.78, 5) is 3.83. The molecule has 8 rings (SSSR count). The van der Waals surface area contributed by atoms with Crippen LogP contribution in [0.2, 0.25) is 0 Å². The Morgan fingerprint density at radius 3 is 1.59 bits per heavy atom. The van der Waals surface area contributed by atoms with E-state index in [0.717, 1.165) is 16.7 Å². The highest BCUT2D eigenvalue weighted by molar-refractivity contribution is 6.40. The highest BCUT2D eigenvalue weighted by Crippen LogP contribution is 2.46. The van der Waals surface area contributed by atoms with Crippen LogP contribution in [0.3, 0.4) is 0 Å². The van der Waals surface area contributed by atoms with Crippen molar-refractivity contribution in [3.63, 3.8) is 0 Å². The summed E-state index contributed by atoms with van der Waals surface area (Å²) in [5.74, 6) is 0. The van der Waals surface area contributed by atoms with Crippen LogP contribution in [0.5, 0.6) is 0 Å². The Morgan fingerprint density at radius 1 is 0.406 bits per heavy atom. The van der Waals surface area contributed by atoms with E-state index in [0.29, 0.717) is 0 Å². The predicted molar refractivity (Wildman–Crippen MR) is 136 cm³/mol. The van der Waals surface area contributed by atoms with Crippen LogP contribution in [-0.4, -0.2) is 4.98 Å². The van der Waals surface area contributed by atoms with Crippen molar-refractivity contribution in [1.29, 1.82) is 0 Å². The number of rotatable bonds is 0. The Morgan fingerprint density at radius 2 is 0.875 bits per heavy atom. The second-order valence-electron chi connectivity index (χ2n) is 8.56. The van der Waals surface area contributed by atoms with Gasteiger partial charge in [-0.1, -0.05) is 91.0 Å². The monoisotopic (exact) mass is 407 g/mol. The third kappa shape index (κ3) is 1.86. The zero-order chi connectivity index (χ0) is 20.8. The first-order chi connectivity index (χ1) is 15.9. The first kappa shape index (κ1) is 16.4. The Kier molecular flexibility index (Phi) is 2.91. The van der Waals surface area contributed by atoms with Gasteiger partial charge in [0.15, 0.2) is 0 Å². The molecule has 1 N–H and O–H groups in total. The van der Waals surface area contributed by atoms with Gasteiger partial charge in [-0.3, -0.25) is 0 Å². The molecule has 0 aliphatic heterocycles. The highest BCUT2D eigenvalue weighted by Gasteiger charge is 2.21. The Labute approximate surface area is 182 Å². The molecule has 2 aromatic heterocycles. The lowest BCUT2D eigenvalue weighted by molar-refractivity contribution is 0.673. The van der Waals surface area contributed by atoms with Crippen LogP contribution >= 0.6 is 0 Å².